The summed E-state index contributed by atoms with van der Waals surface area (Å²) in [6.07, 6.45) is 2.19. The SMILES string of the molecule is COc1cccc(OCC(=O)NCC(C)CNN(C)C(C)c2ccc(OCCCCN(C)C)c(C)c2C)c1. The Balaban J connectivity index is 1.75. The molecule has 0 aromatic heterocycles. The molecule has 0 aliphatic heterocycles. The monoisotopic (exact) mass is 528 g/mol. The highest BCUT2D eigenvalue weighted by Crippen LogP contribution is 2.30. The van der Waals surface area contributed by atoms with Crippen LogP contribution in [0.5, 0.6) is 17.2 Å². The molecule has 0 radical (unpaired) electrons. The number of hydrogen-bond acceptors (Lipinski definition) is 7. The van der Waals surface area contributed by atoms with Crippen molar-refractivity contribution in [2.24, 2.45) is 5.92 Å². The number of rotatable bonds is 17. The maximum absolute atomic E-state index is 12.2. The lowest BCUT2D eigenvalue weighted by Crippen LogP contribution is -2.42. The largest absolute Gasteiger partial charge is 0.497 e. The molecule has 2 atom stereocenters. The van der Waals surface area contributed by atoms with Crippen molar-refractivity contribution < 1.29 is 19.0 Å². The molecule has 8 heteroatoms. The van der Waals surface area contributed by atoms with Crippen LogP contribution in [0.15, 0.2) is 36.4 Å². The van der Waals surface area contributed by atoms with Crippen LogP contribution in [0.2, 0.25) is 0 Å². The summed E-state index contributed by atoms with van der Waals surface area (Å²) in [6, 6.07) is 11.7. The number of nitrogens with one attached hydrogen (secondary N) is 2. The summed E-state index contributed by atoms with van der Waals surface area (Å²) in [4.78, 5) is 14.4. The molecular formula is C30H48N4O4. The number of amides is 1. The highest BCUT2D eigenvalue weighted by atomic mass is 16.5. The van der Waals surface area contributed by atoms with Gasteiger partial charge in [0.25, 0.3) is 5.91 Å². The van der Waals surface area contributed by atoms with Crippen LogP contribution in [-0.2, 0) is 4.79 Å². The van der Waals surface area contributed by atoms with E-state index in [2.05, 4.69) is 81.6 Å². The zero-order valence-electron chi connectivity index (χ0n) is 24.6. The van der Waals surface area contributed by atoms with Crippen molar-refractivity contribution in [3.8, 4) is 17.2 Å². The summed E-state index contributed by atoms with van der Waals surface area (Å²) in [5.41, 5.74) is 7.22. The van der Waals surface area contributed by atoms with Gasteiger partial charge in [-0.1, -0.05) is 19.1 Å². The van der Waals surface area contributed by atoms with Crippen molar-refractivity contribution in [3.05, 3.63) is 53.1 Å². The van der Waals surface area contributed by atoms with Crippen LogP contribution in [0.25, 0.3) is 0 Å². The minimum atomic E-state index is -0.146. The van der Waals surface area contributed by atoms with E-state index in [0.717, 1.165) is 38.3 Å². The van der Waals surface area contributed by atoms with Gasteiger partial charge >= 0.3 is 0 Å². The molecule has 38 heavy (non-hydrogen) atoms. The summed E-state index contributed by atoms with van der Waals surface area (Å²) < 4.78 is 16.8. The number of carbonyl (C=O) groups excluding carboxylic acids is 1. The van der Waals surface area contributed by atoms with E-state index in [0.29, 0.717) is 18.0 Å². The Morgan fingerprint density at radius 2 is 1.68 bits per heavy atom. The zero-order chi connectivity index (χ0) is 28.1. The Labute approximate surface area is 229 Å². The topological polar surface area (TPSA) is 75.3 Å². The molecule has 0 bridgehead atoms. The molecule has 1 amide bonds. The normalized spacial score (nSPS) is 12.9. The van der Waals surface area contributed by atoms with Gasteiger partial charge in [-0.3, -0.25) is 10.2 Å². The van der Waals surface area contributed by atoms with Gasteiger partial charge in [0.1, 0.15) is 17.2 Å². The maximum atomic E-state index is 12.2. The van der Waals surface area contributed by atoms with E-state index in [9.17, 15) is 4.79 Å². The van der Waals surface area contributed by atoms with Gasteiger partial charge in [0.05, 0.1) is 13.7 Å². The standard InChI is InChI=1S/C30H48N4O4/c1-22(19-31-30(35)21-38-27-13-11-12-26(18-27)36-8)20-32-34(7)25(4)28-14-15-29(24(3)23(28)2)37-17-10-9-16-33(5)6/h11-15,18,22,25,32H,9-10,16-17,19-21H2,1-8H3,(H,31,35). The molecule has 8 nitrogen and oxygen atoms in total. The summed E-state index contributed by atoms with van der Waals surface area (Å²) >= 11 is 0. The van der Waals surface area contributed by atoms with E-state index in [1.54, 1.807) is 19.2 Å². The molecular weight excluding hydrogens is 480 g/mol. The first kappa shape index (κ1) is 31.4. The second kappa shape index (κ2) is 16.2. The molecule has 2 aromatic rings. The Morgan fingerprint density at radius 1 is 0.947 bits per heavy atom. The zero-order valence-corrected chi connectivity index (χ0v) is 24.6. The van der Waals surface area contributed by atoms with E-state index in [1.165, 1.54) is 16.7 Å². The lowest BCUT2D eigenvalue weighted by Gasteiger charge is -2.29. The van der Waals surface area contributed by atoms with Crippen LogP contribution in [0.1, 0.15) is 49.4 Å². The van der Waals surface area contributed by atoms with Crippen molar-refractivity contribution >= 4 is 5.91 Å². The Morgan fingerprint density at radius 3 is 2.39 bits per heavy atom. The molecule has 0 heterocycles. The van der Waals surface area contributed by atoms with Crippen LogP contribution in [-0.4, -0.2) is 76.9 Å². The molecule has 212 valence electrons. The lowest BCUT2D eigenvalue weighted by atomic mass is 9.97. The molecule has 2 aromatic carbocycles. The van der Waals surface area contributed by atoms with E-state index < -0.39 is 0 Å². The molecule has 0 aliphatic carbocycles. The second-order valence-electron chi connectivity index (χ2n) is 10.3. The molecule has 2 N–H and O–H groups in total. The van der Waals surface area contributed by atoms with Crippen LogP contribution in [0, 0.1) is 19.8 Å². The quantitative estimate of drug-likeness (QED) is 0.233. The first-order valence-corrected chi connectivity index (χ1v) is 13.5. The molecule has 0 saturated carbocycles. The summed E-state index contributed by atoms with van der Waals surface area (Å²) in [5, 5.41) is 5.08. The van der Waals surface area contributed by atoms with Gasteiger partial charge in [-0.05, 0) is 95.1 Å². The number of methoxy groups -OCH3 is 1. The van der Waals surface area contributed by atoms with Gasteiger partial charge in [0.15, 0.2) is 6.61 Å². The highest BCUT2D eigenvalue weighted by Gasteiger charge is 2.17. The van der Waals surface area contributed by atoms with Crippen molar-refractivity contribution in [1.82, 2.24) is 20.7 Å². The van der Waals surface area contributed by atoms with Crippen LogP contribution < -0.4 is 25.0 Å². The van der Waals surface area contributed by atoms with E-state index in [1.807, 2.05) is 12.1 Å². The fraction of sp³-hybridized carbons (Fsp3) is 0.567. The number of nitrogens with zero attached hydrogens (tertiary/aromatic N) is 2. The van der Waals surface area contributed by atoms with Crippen LogP contribution >= 0.6 is 0 Å². The van der Waals surface area contributed by atoms with Gasteiger partial charge in [-0.15, -0.1) is 0 Å². The number of unbranched alkanes of at least 4 members (excludes halogenated alkanes) is 1. The van der Waals surface area contributed by atoms with E-state index in [-0.39, 0.29) is 24.5 Å². The Kier molecular flexibility index (Phi) is 13.4. The third kappa shape index (κ3) is 10.5. The number of hydrazine groups is 1. The van der Waals surface area contributed by atoms with Gasteiger partial charge in [0, 0.05) is 32.2 Å². The third-order valence-corrected chi connectivity index (χ3v) is 6.82. The predicted molar refractivity (Wildman–Crippen MR) is 154 cm³/mol. The second-order valence-corrected chi connectivity index (χ2v) is 10.3. The van der Waals surface area contributed by atoms with Crippen molar-refractivity contribution in [1.29, 1.82) is 0 Å². The van der Waals surface area contributed by atoms with Gasteiger partial charge in [-0.25, -0.2) is 5.01 Å². The summed E-state index contributed by atoms with van der Waals surface area (Å²) in [7, 11) is 7.85. The predicted octanol–water partition coefficient (Wildman–Crippen LogP) is 4.36. The number of hydrogen-bond donors (Lipinski definition) is 2. The molecule has 0 fully saturated rings. The number of carbonyl (C=O) groups is 1. The minimum absolute atomic E-state index is 0.0291. The molecule has 0 spiro atoms. The minimum Gasteiger partial charge on any atom is -0.497 e. The first-order valence-electron chi connectivity index (χ1n) is 13.5. The van der Waals surface area contributed by atoms with Crippen molar-refractivity contribution in [2.75, 3.05) is 61.1 Å². The average molecular weight is 529 g/mol. The lowest BCUT2D eigenvalue weighted by molar-refractivity contribution is -0.123. The highest BCUT2D eigenvalue weighted by molar-refractivity contribution is 5.77. The van der Waals surface area contributed by atoms with Crippen molar-refractivity contribution in [2.45, 2.75) is 46.6 Å². The molecule has 2 unspecified atom stereocenters. The fourth-order valence-electron chi connectivity index (χ4n) is 4.03. The molecule has 0 saturated heterocycles. The summed E-state index contributed by atoms with van der Waals surface area (Å²) in [5.74, 6) is 2.37. The molecule has 2 rings (SSSR count). The van der Waals surface area contributed by atoms with E-state index >= 15 is 0 Å². The smallest absolute Gasteiger partial charge is 0.257 e. The first-order chi connectivity index (χ1) is 18.1. The Hall–Kier alpha value is -2.81. The van der Waals surface area contributed by atoms with Crippen LogP contribution in [0.3, 0.4) is 0 Å². The average Bonchev–Trinajstić information content (AvgIpc) is 2.91. The number of benzene rings is 2. The van der Waals surface area contributed by atoms with Gasteiger partial charge < -0.3 is 24.4 Å². The number of ether oxygens (including phenoxy) is 3. The summed E-state index contributed by atoms with van der Waals surface area (Å²) in [6.45, 7) is 11.7. The fourth-order valence-corrected chi connectivity index (χ4v) is 4.03. The maximum Gasteiger partial charge on any atom is 0.257 e. The van der Waals surface area contributed by atoms with Gasteiger partial charge in [-0.2, -0.15) is 0 Å². The van der Waals surface area contributed by atoms with Gasteiger partial charge in [0.2, 0.25) is 0 Å². The van der Waals surface area contributed by atoms with E-state index in [4.69, 9.17) is 14.2 Å². The molecule has 0 aliphatic rings. The Bertz CT molecular complexity index is 998. The van der Waals surface area contributed by atoms with Crippen molar-refractivity contribution in [3.63, 3.8) is 0 Å². The third-order valence-electron chi connectivity index (χ3n) is 6.82. The van der Waals surface area contributed by atoms with Crippen LogP contribution in [0.4, 0.5) is 0 Å².